The monoisotopic (exact) mass is 571 g/mol. The minimum Gasteiger partial charge on any atom is -0.384 e. The summed E-state index contributed by atoms with van der Waals surface area (Å²) in [6, 6.07) is 13.3. The molecule has 42 heavy (non-hydrogen) atoms. The molecule has 12 heteroatoms. The molecule has 4 heterocycles. The van der Waals surface area contributed by atoms with Crippen LogP contribution in [-0.2, 0) is 16.9 Å². The van der Waals surface area contributed by atoms with E-state index in [-0.39, 0.29) is 18.0 Å². The lowest BCUT2D eigenvalue weighted by atomic mass is 10.1. The van der Waals surface area contributed by atoms with E-state index < -0.39 is 5.60 Å². The molecular weight excluding hydrogens is 534 g/mol. The van der Waals surface area contributed by atoms with Crippen LogP contribution in [0.3, 0.4) is 0 Å². The zero-order valence-corrected chi connectivity index (χ0v) is 24.5. The quantitative estimate of drug-likeness (QED) is 0.291. The summed E-state index contributed by atoms with van der Waals surface area (Å²) in [7, 11) is 3.80. The van der Waals surface area contributed by atoms with Gasteiger partial charge in [0.1, 0.15) is 11.0 Å². The summed E-state index contributed by atoms with van der Waals surface area (Å²) >= 11 is 0. The van der Waals surface area contributed by atoms with Crippen LogP contribution in [0.4, 0.5) is 17.3 Å². The lowest BCUT2D eigenvalue weighted by Crippen LogP contribution is -2.50. The van der Waals surface area contributed by atoms with Gasteiger partial charge in [-0.2, -0.15) is 4.98 Å². The van der Waals surface area contributed by atoms with Gasteiger partial charge in [0.25, 0.3) is 5.56 Å². The first-order valence-electron chi connectivity index (χ1n) is 13.9. The van der Waals surface area contributed by atoms with Crippen LogP contribution in [-0.4, -0.2) is 91.9 Å². The normalized spacial score (nSPS) is 14.0. The Labute approximate surface area is 244 Å². The number of aliphatic hydroxyl groups is 1. The molecule has 220 valence electrons. The maximum atomic E-state index is 13.2. The van der Waals surface area contributed by atoms with Crippen molar-refractivity contribution in [1.29, 1.82) is 0 Å². The fourth-order valence-electron chi connectivity index (χ4n) is 4.96. The summed E-state index contributed by atoms with van der Waals surface area (Å²) in [5.74, 6) is 0.926. The summed E-state index contributed by atoms with van der Waals surface area (Å²) < 4.78 is 3.13. The summed E-state index contributed by atoms with van der Waals surface area (Å²) in [5, 5.41) is 14.1. The first kappa shape index (κ1) is 29.0. The number of hydrogen-bond acceptors (Lipinski definition) is 9. The van der Waals surface area contributed by atoms with Gasteiger partial charge in [-0.05, 0) is 64.3 Å². The van der Waals surface area contributed by atoms with Gasteiger partial charge in [0.2, 0.25) is 11.9 Å². The summed E-state index contributed by atoms with van der Waals surface area (Å²) in [5.41, 5.74) is 1.29. The number of carbonyl (C=O) groups is 1. The summed E-state index contributed by atoms with van der Waals surface area (Å²) in [4.78, 5) is 45.4. The predicted octanol–water partition coefficient (Wildman–Crippen LogP) is 2.34. The van der Waals surface area contributed by atoms with Gasteiger partial charge >= 0.3 is 0 Å². The summed E-state index contributed by atoms with van der Waals surface area (Å²) in [6.07, 6.45) is 3.14. The van der Waals surface area contributed by atoms with Crippen molar-refractivity contribution < 1.29 is 9.90 Å². The molecule has 1 aliphatic rings. The third kappa shape index (κ3) is 6.04. The Kier molecular flexibility index (Phi) is 8.10. The van der Waals surface area contributed by atoms with Crippen molar-refractivity contribution in [3.8, 4) is 5.82 Å². The van der Waals surface area contributed by atoms with Crippen LogP contribution in [0.2, 0.25) is 0 Å². The Bertz CT molecular complexity index is 1640. The van der Waals surface area contributed by atoms with Crippen molar-refractivity contribution in [2.75, 3.05) is 57.0 Å². The molecule has 0 saturated carbocycles. The van der Waals surface area contributed by atoms with Crippen LogP contribution >= 0.6 is 0 Å². The number of amides is 1. The van der Waals surface area contributed by atoms with Gasteiger partial charge in [-0.1, -0.05) is 12.1 Å². The van der Waals surface area contributed by atoms with Crippen molar-refractivity contribution in [1.82, 2.24) is 34.1 Å². The predicted molar refractivity (Wildman–Crippen MR) is 163 cm³/mol. The number of hydrogen-bond donors (Lipinski definition) is 2. The van der Waals surface area contributed by atoms with E-state index in [1.54, 1.807) is 42.8 Å². The number of carbonyl (C=O) groups excluding carboxylic acids is 1. The SMILES string of the molecule is C=CCn1c(=O)c2cnc(Nc3ccc(N4CCN(C(=O)CN(C)C)CC4)cc3)nc2n1-c1cccc(C(C)(C)O)n1. The molecule has 0 unspecified atom stereocenters. The number of rotatable bonds is 9. The Morgan fingerprint density at radius 2 is 1.81 bits per heavy atom. The number of benzene rings is 1. The van der Waals surface area contributed by atoms with E-state index in [0.29, 0.717) is 48.1 Å². The number of likely N-dealkylation sites (N-methyl/N-ethyl adjacent to an activating group) is 1. The molecule has 2 N–H and O–H groups in total. The number of nitrogens with zero attached hydrogens (tertiary/aromatic N) is 8. The van der Waals surface area contributed by atoms with Crippen LogP contribution in [0, 0.1) is 0 Å². The van der Waals surface area contributed by atoms with Crippen molar-refractivity contribution >= 4 is 34.3 Å². The Morgan fingerprint density at radius 3 is 2.45 bits per heavy atom. The third-order valence-corrected chi connectivity index (χ3v) is 7.13. The second-order valence-corrected chi connectivity index (χ2v) is 11.1. The number of pyridine rings is 1. The van der Waals surface area contributed by atoms with Crippen LogP contribution in [0.15, 0.2) is 66.1 Å². The molecule has 4 aromatic rings. The van der Waals surface area contributed by atoms with Crippen molar-refractivity contribution in [2.45, 2.75) is 26.0 Å². The first-order chi connectivity index (χ1) is 20.0. The van der Waals surface area contributed by atoms with Crippen LogP contribution in [0.5, 0.6) is 0 Å². The number of anilines is 3. The fraction of sp³-hybridized carbons (Fsp3) is 0.367. The number of nitrogens with one attached hydrogen (secondary N) is 1. The lowest BCUT2D eigenvalue weighted by Gasteiger charge is -2.36. The van der Waals surface area contributed by atoms with Crippen LogP contribution < -0.4 is 15.8 Å². The van der Waals surface area contributed by atoms with E-state index >= 15 is 0 Å². The molecule has 0 radical (unpaired) electrons. The standard InChI is InChI=1S/C30H37N9O3/c1-6-14-38-28(41)23-19-31-29(34-27(23)39(38)25-9-7-8-24(33-25)30(2,3)42)32-21-10-12-22(13-11-21)36-15-17-37(18-16-36)26(40)20-35(4)5/h6-13,19,42H,1,14-18,20H2,2-5H3,(H,31,32,34). The highest BCUT2D eigenvalue weighted by molar-refractivity contribution is 5.79. The Morgan fingerprint density at radius 1 is 1.10 bits per heavy atom. The van der Waals surface area contributed by atoms with Crippen molar-refractivity contribution in [2.24, 2.45) is 0 Å². The lowest BCUT2D eigenvalue weighted by molar-refractivity contribution is -0.132. The molecule has 12 nitrogen and oxygen atoms in total. The van der Waals surface area contributed by atoms with Crippen LogP contribution in [0.25, 0.3) is 16.9 Å². The Balaban J connectivity index is 1.38. The van der Waals surface area contributed by atoms with E-state index in [1.165, 1.54) is 10.9 Å². The molecule has 1 fully saturated rings. The maximum Gasteiger partial charge on any atom is 0.278 e. The maximum absolute atomic E-state index is 13.2. The zero-order valence-electron chi connectivity index (χ0n) is 24.5. The van der Waals surface area contributed by atoms with Gasteiger partial charge in [0.05, 0.1) is 18.8 Å². The molecule has 3 aromatic heterocycles. The minimum absolute atomic E-state index is 0.155. The highest BCUT2D eigenvalue weighted by Crippen LogP contribution is 2.24. The highest BCUT2D eigenvalue weighted by Gasteiger charge is 2.23. The summed E-state index contributed by atoms with van der Waals surface area (Å²) in [6.45, 7) is 10.7. The molecular formula is C30H37N9O3. The fourth-order valence-corrected chi connectivity index (χ4v) is 4.96. The molecule has 0 atom stereocenters. The van der Waals surface area contributed by atoms with E-state index in [2.05, 4.69) is 26.8 Å². The number of piperazine rings is 1. The number of allylic oxidation sites excluding steroid dienone is 1. The van der Waals surface area contributed by atoms with Gasteiger partial charge in [0, 0.05) is 43.8 Å². The second kappa shape index (κ2) is 11.7. The molecule has 0 aliphatic carbocycles. The average molecular weight is 572 g/mol. The van der Waals surface area contributed by atoms with Crippen molar-refractivity contribution in [3.05, 3.63) is 77.4 Å². The second-order valence-electron chi connectivity index (χ2n) is 11.1. The molecule has 1 amide bonds. The molecule has 1 aliphatic heterocycles. The number of fused-ring (bicyclic) bond motifs is 1. The number of aromatic nitrogens is 5. The zero-order chi connectivity index (χ0) is 30.0. The van der Waals surface area contributed by atoms with Gasteiger partial charge in [-0.3, -0.25) is 9.59 Å². The van der Waals surface area contributed by atoms with E-state index in [9.17, 15) is 14.7 Å². The van der Waals surface area contributed by atoms with Gasteiger partial charge in [0.15, 0.2) is 11.5 Å². The topological polar surface area (TPSA) is 125 Å². The van der Waals surface area contributed by atoms with E-state index in [0.717, 1.165) is 24.5 Å². The van der Waals surface area contributed by atoms with Gasteiger partial charge in [-0.15, -0.1) is 6.58 Å². The van der Waals surface area contributed by atoms with E-state index in [1.807, 2.05) is 48.2 Å². The Hall–Kier alpha value is -4.55. The first-order valence-corrected chi connectivity index (χ1v) is 13.9. The van der Waals surface area contributed by atoms with Crippen LogP contribution in [0.1, 0.15) is 19.5 Å². The molecule has 5 rings (SSSR count). The van der Waals surface area contributed by atoms with Crippen molar-refractivity contribution in [3.63, 3.8) is 0 Å². The highest BCUT2D eigenvalue weighted by atomic mass is 16.3. The van der Waals surface area contributed by atoms with Gasteiger partial charge < -0.3 is 25.1 Å². The minimum atomic E-state index is -1.16. The molecule has 0 spiro atoms. The largest absolute Gasteiger partial charge is 0.384 e. The molecule has 1 saturated heterocycles. The smallest absolute Gasteiger partial charge is 0.278 e. The van der Waals surface area contributed by atoms with E-state index in [4.69, 9.17) is 4.98 Å². The average Bonchev–Trinajstić information content (AvgIpc) is 3.23. The van der Waals surface area contributed by atoms with Gasteiger partial charge in [-0.25, -0.2) is 19.3 Å². The molecule has 0 bridgehead atoms. The third-order valence-electron chi connectivity index (χ3n) is 7.13. The molecule has 1 aromatic carbocycles.